The molecule has 0 saturated heterocycles. The minimum Gasteiger partial charge on any atom is -0.382 e. The van der Waals surface area contributed by atoms with Gasteiger partial charge in [-0.3, -0.25) is 4.79 Å². The number of nitrogens with one attached hydrogen (secondary N) is 1. The van der Waals surface area contributed by atoms with Crippen LogP contribution in [0.5, 0.6) is 0 Å². The zero-order valence-electron chi connectivity index (χ0n) is 11.3. The van der Waals surface area contributed by atoms with Gasteiger partial charge in [0.15, 0.2) is 10.9 Å². The first-order valence-electron chi connectivity index (χ1n) is 6.28. The van der Waals surface area contributed by atoms with E-state index in [1.807, 2.05) is 13.8 Å². The van der Waals surface area contributed by atoms with E-state index in [4.69, 9.17) is 5.73 Å². The number of Topliss-reactive ketones (excluding diaryl/α,β-unsaturated/α-hetero) is 1. The van der Waals surface area contributed by atoms with Crippen LogP contribution in [-0.4, -0.2) is 10.8 Å². The average Bonchev–Trinajstić information content (AvgIpc) is 2.69. The third-order valence-corrected chi connectivity index (χ3v) is 3.60. The summed E-state index contributed by atoms with van der Waals surface area (Å²) >= 11 is 1.19. The molecule has 0 atom stereocenters. The number of nitrogens with zero attached hydrogens (tertiary/aromatic N) is 1. The van der Waals surface area contributed by atoms with Gasteiger partial charge in [0, 0.05) is 12.1 Å². The summed E-state index contributed by atoms with van der Waals surface area (Å²) < 4.78 is 13.1. The fourth-order valence-corrected chi connectivity index (χ4v) is 2.59. The predicted octanol–water partition coefficient (Wildman–Crippen LogP) is 3.84. The van der Waals surface area contributed by atoms with Gasteiger partial charge in [0.2, 0.25) is 0 Å². The molecular weight excluding hydrogens is 277 g/mol. The van der Waals surface area contributed by atoms with E-state index in [2.05, 4.69) is 10.3 Å². The number of nitrogen functional groups attached to an aromatic ring is 1. The summed E-state index contributed by atoms with van der Waals surface area (Å²) in [6, 6.07) is 6.03. The van der Waals surface area contributed by atoms with Gasteiger partial charge in [0.1, 0.15) is 16.5 Å². The topological polar surface area (TPSA) is 68.0 Å². The van der Waals surface area contributed by atoms with Crippen molar-refractivity contribution >= 4 is 33.8 Å². The molecule has 0 unspecified atom stereocenters. The van der Waals surface area contributed by atoms with E-state index in [-0.39, 0.29) is 23.3 Å². The summed E-state index contributed by atoms with van der Waals surface area (Å²) in [5, 5.41) is 3.44. The van der Waals surface area contributed by atoms with Crippen LogP contribution in [-0.2, 0) is 0 Å². The van der Waals surface area contributed by atoms with E-state index in [9.17, 15) is 9.18 Å². The molecule has 0 aliphatic rings. The summed E-state index contributed by atoms with van der Waals surface area (Å²) in [7, 11) is 0. The molecule has 0 aliphatic carbocycles. The Morgan fingerprint density at radius 1 is 1.50 bits per heavy atom. The summed E-state index contributed by atoms with van der Waals surface area (Å²) in [6.45, 7) is 3.95. The third-order valence-electron chi connectivity index (χ3n) is 2.58. The van der Waals surface area contributed by atoms with E-state index in [1.165, 1.54) is 23.5 Å². The van der Waals surface area contributed by atoms with Crippen molar-refractivity contribution in [2.75, 3.05) is 11.1 Å². The van der Waals surface area contributed by atoms with Gasteiger partial charge < -0.3 is 11.1 Å². The first-order valence-corrected chi connectivity index (χ1v) is 7.09. The first kappa shape index (κ1) is 14.5. The molecule has 0 bridgehead atoms. The Morgan fingerprint density at radius 3 is 2.90 bits per heavy atom. The average molecular weight is 293 g/mol. The summed E-state index contributed by atoms with van der Waals surface area (Å²) in [6.07, 6.45) is 0.436. The molecule has 0 aliphatic heterocycles. The molecule has 6 heteroatoms. The largest absolute Gasteiger partial charge is 0.382 e. The number of benzene rings is 1. The van der Waals surface area contributed by atoms with Crippen LogP contribution < -0.4 is 11.1 Å². The van der Waals surface area contributed by atoms with Crippen LogP contribution in [0.25, 0.3) is 0 Å². The quantitative estimate of drug-likeness (QED) is 0.822. The monoisotopic (exact) mass is 293 g/mol. The molecule has 3 N–H and O–H groups in total. The molecule has 1 heterocycles. The lowest BCUT2D eigenvalue weighted by Gasteiger charge is -2.02. The van der Waals surface area contributed by atoms with Crippen LogP contribution in [0.3, 0.4) is 0 Å². The van der Waals surface area contributed by atoms with Crippen LogP contribution in [0.15, 0.2) is 24.3 Å². The van der Waals surface area contributed by atoms with Gasteiger partial charge in [-0.15, -0.1) is 0 Å². The summed E-state index contributed by atoms with van der Waals surface area (Å²) in [4.78, 5) is 16.6. The van der Waals surface area contributed by atoms with Crippen molar-refractivity contribution in [2.24, 2.45) is 5.92 Å². The van der Waals surface area contributed by atoms with E-state index < -0.39 is 0 Å². The Kier molecular flexibility index (Phi) is 4.34. The lowest BCUT2D eigenvalue weighted by Crippen LogP contribution is -2.04. The highest BCUT2D eigenvalue weighted by atomic mass is 32.1. The molecule has 1 aromatic carbocycles. The van der Waals surface area contributed by atoms with Gasteiger partial charge in [-0.05, 0) is 24.1 Å². The molecule has 0 spiro atoms. The Labute approximate surface area is 120 Å². The molecule has 0 radical (unpaired) electrons. The number of hydrogen-bond acceptors (Lipinski definition) is 5. The predicted molar refractivity (Wildman–Crippen MR) is 80.0 cm³/mol. The second-order valence-electron chi connectivity index (χ2n) is 4.89. The van der Waals surface area contributed by atoms with Crippen LogP contribution >= 0.6 is 11.3 Å². The number of carbonyl (C=O) groups is 1. The lowest BCUT2D eigenvalue weighted by atomic mass is 10.1. The fraction of sp³-hybridized carbons (Fsp3) is 0.286. The maximum atomic E-state index is 13.1. The highest BCUT2D eigenvalue weighted by Crippen LogP contribution is 2.29. The number of nitrogens with two attached hydrogens (primary N) is 1. The maximum Gasteiger partial charge on any atom is 0.189 e. The standard InChI is InChI=1S/C14H16FN3OS/c1-8(2)6-11(19)12-13(16)18-14(20-12)17-10-5-3-4-9(15)7-10/h3-5,7-8H,6,16H2,1-2H3,(H,17,18). The van der Waals surface area contributed by atoms with Crippen LogP contribution in [0.4, 0.5) is 21.0 Å². The number of hydrogen-bond donors (Lipinski definition) is 2. The van der Waals surface area contributed by atoms with Crippen molar-refractivity contribution in [3.8, 4) is 0 Å². The van der Waals surface area contributed by atoms with E-state index in [0.717, 1.165) is 0 Å². The van der Waals surface area contributed by atoms with Crippen molar-refractivity contribution in [1.29, 1.82) is 0 Å². The minimum absolute atomic E-state index is 0.0118. The van der Waals surface area contributed by atoms with Crippen molar-refractivity contribution in [1.82, 2.24) is 4.98 Å². The van der Waals surface area contributed by atoms with E-state index >= 15 is 0 Å². The third kappa shape index (κ3) is 3.54. The lowest BCUT2D eigenvalue weighted by molar-refractivity contribution is 0.0972. The molecule has 20 heavy (non-hydrogen) atoms. The van der Waals surface area contributed by atoms with Crippen molar-refractivity contribution < 1.29 is 9.18 Å². The van der Waals surface area contributed by atoms with Gasteiger partial charge in [-0.25, -0.2) is 9.37 Å². The number of carbonyl (C=O) groups excluding carboxylic acids is 1. The Morgan fingerprint density at radius 2 is 2.25 bits per heavy atom. The van der Waals surface area contributed by atoms with Crippen LogP contribution in [0.2, 0.25) is 0 Å². The Bertz CT molecular complexity index is 625. The van der Waals surface area contributed by atoms with Crippen molar-refractivity contribution in [2.45, 2.75) is 20.3 Å². The summed E-state index contributed by atoms with van der Waals surface area (Å²) in [5.41, 5.74) is 6.34. The van der Waals surface area contributed by atoms with Gasteiger partial charge in [-0.2, -0.15) is 0 Å². The van der Waals surface area contributed by atoms with E-state index in [1.54, 1.807) is 12.1 Å². The second-order valence-corrected chi connectivity index (χ2v) is 5.89. The fourth-order valence-electron chi connectivity index (χ4n) is 1.74. The number of rotatable bonds is 5. The number of anilines is 3. The van der Waals surface area contributed by atoms with E-state index in [0.29, 0.717) is 22.1 Å². The number of thiazole rings is 1. The molecular formula is C14H16FN3OS. The molecule has 0 saturated carbocycles. The van der Waals surface area contributed by atoms with Crippen LogP contribution in [0.1, 0.15) is 29.9 Å². The Balaban J connectivity index is 2.17. The molecule has 2 aromatic rings. The minimum atomic E-state index is -0.337. The maximum absolute atomic E-state index is 13.1. The highest BCUT2D eigenvalue weighted by Gasteiger charge is 2.17. The number of aromatic nitrogens is 1. The molecule has 2 rings (SSSR count). The molecule has 0 fully saturated rings. The van der Waals surface area contributed by atoms with Crippen molar-refractivity contribution in [3.05, 3.63) is 35.0 Å². The second kappa shape index (κ2) is 6.00. The molecule has 4 nitrogen and oxygen atoms in total. The van der Waals surface area contributed by atoms with Gasteiger partial charge in [0.05, 0.1) is 0 Å². The zero-order chi connectivity index (χ0) is 14.7. The SMILES string of the molecule is CC(C)CC(=O)c1sc(Nc2cccc(F)c2)nc1N. The van der Waals surface area contributed by atoms with Gasteiger partial charge in [0.25, 0.3) is 0 Å². The Hall–Kier alpha value is -1.95. The smallest absolute Gasteiger partial charge is 0.189 e. The molecule has 1 aromatic heterocycles. The van der Waals surface area contributed by atoms with Crippen LogP contribution in [0, 0.1) is 11.7 Å². The molecule has 0 amide bonds. The van der Waals surface area contributed by atoms with Crippen molar-refractivity contribution in [3.63, 3.8) is 0 Å². The molecule has 106 valence electrons. The zero-order valence-corrected chi connectivity index (χ0v) is 12.1. The first-order chi connectivity index (χ1) is 9.45. The number of ketones is 1. The normalized spacial score (nSPS) is 10.8. The highest BCUT2D eigenvalue weighted by molar-refractivity contribution is 7.18. The van der Waals surface area contributed by atoms with Gasteiger partial charge in [-0.1, -0.05) is 31.3 Å². The summed E-state index contributed by atoms with van der Waals surface area (Å²) in [5.74, 6) is 0.140. The van der Waals surface area contributed by atoms with Gasteiger partial charge >= 0.3 is 0 Å². The number of halogens is 1.